The van der Waals surface area contributed by atoms with Crippen LogP contribution in [0.15, 0.2) is 12.4 Å². The van der Waals surface area contributed by atoms with E-state index in [1.807, 2.05) is 23.0 Å². The van der Waals surface area contributed by atoms with Crippen molar-refractivity contribution in [2.45, 2.75) is 26.9 Å². The highest BCUT2D eigenvalue weighted by Crippen LogP contribution is 2.20. The lowest BCUT2D eigenvalue weighted by atomic mass is 10.2. The molecule has 2 aromatic rings. The van der Waals surface area contributed by atoms with Crippen molar-refractivity contribution in [2.75, 3.05) is 0 Å². The third-order valence-corrected chi connectivity index (χ3v) is 3.56. The van der Waals surface area contributed by atoms with Gasteiger partial charge in [-0.2, -0.15) is 0 Å². The van der Waals surface area contributed by atoms with Crippen molar-refractivity contribution in [3.63, 3.8) is 0 Å². The number of nitrogens with zero attached hydrogens (tertiary/aromatic N) is 3. The Labute approximate surface area is 99.3 Å². The summed E-state index contributed by atoms with van der Waals surface area (Å²) in [5.41, 5.74) is 1.38. The van der Waals surface area contributed by atoms with Gasteiger partial charge in [-0.05, 0) is 25.5 Å². The van der Waals surface area contributed by atoms with Gasteiger partial charge in [0.05, 0.1) is 6.54 Å². The van der Waals surface area contributed by atoms with Crippen molar-refractivity contribution in [3.05, 3.63) is 33.5 Å². The van der Waals surface area contributed by atoms with E-state index in [4.69, 9.17) is 0 Å². The molecular weight excluding hydrogens is 220 g/mol. The van der Waals surface area contributed by atoms with Crippen LogP contribution in [0.1, 0.15) is 21.1 Å². The zero-order valence-electron chi connectivity index (χ0n) is 9.82. The molecule has 0 amide bonds. The van der Waals surface area contributed by atoms with Crippen LogP contribution in [0.2, 0.25) is 0 Å². The predicted molar refractivity (Wildman–Crippen MR) is 65.3 cm³/mol. The first-order valence-corrected chi connectivity index (χ1v) is 6.08. The van der Waals surface area contributed by atoms with Crippen LogP contribution < -0.4 is 5.32 Å². The highest BCUT2D eigenvalue weighted by Gasteiger charge is 2.03. The van der Waals surface area contributed by atoms with Crippen molar-refractivity contribution >= 4 is 11.3 Å². The SMILES string of the molecule is Cc1cc(CNCc2nncn2C)c(C)s1. The van der Waals surface area contributed by atoms with E-state index in [0.29, 0.717) is 0 Å². The smallest absolute Gasteiger partial charge is 0.146 e. The first-order chi connectivity index (χ1) is 7.66. The third-order valence-electron chi connectivity index (χ3n) is 2.55. The molecule has 0 aliphatic rings. The molecule has 0 saturated heterocycles. The molecule has 0 aliphatic carbocycles. The lowest BCUT2D eigenvalue weighted by Gasteiger charge is -2.03. The maximum atomic E-state index is 4.03. The molecule has 4 nitrogen and oxygen atoms in total. The second-order valence-corrected chi connectivity index (χ2v) is 5.36. The summed E-state index contributed by atoms with van der Waals surface area (Å²) >= 11 is 1.85. The number of rotatable bonds is 4. The summed E-state index contributed by atoms with van der Waals surface area (Å²) in [5, 5.41) is 11.3. The van der Waals surface area contributed by atoms with Crippen LogP contribution in [0, 0.1) is 13.8 Å². The zero-order valence-corrected chi connectivity index (χ0v) is 10.6. The molecule has 0 fully saturated rings. The zero-order chi connectivity index (χ0) is 11.5. The van der Waals surface area contributed by atoms with Crippen LogP contribution in [-0.2, 0) is 20.1 Å². The molecule has 0 aromatic carbocycles. The third kappa shape index (κ3) is 2.48. The summed E-state index contributed by atoms with van der Waals surface area (Å²) < 4.78 is 1.93. The number of nitrogens with one attached hydrogen (secondary N) is 1. The van der Waals surface area contributed by atoms with Crippen LogP contribution in [0.3, 0.4) is 0 Å². The van der Waals surface area contributed by atoms with E-state index in [-0.39, 0.29) is 0 Å². The van der Waals surface area contributed by atoms with Gasteiger partial charge in [0.1, 0.15) is 12.2 Å². The van der Waals surface area contributed by atoms with Gasteiger partial charge >= 0.3 is 0 Å². The molecule has 0 spiro atoms. The van der Waals surface area contributed by atoms with Gasteiger partial charge in [-0.1, -0.05) is 0 Å². The van der Waals surface area contributed by atoms with E-state index in [0.717, 1.165) is 18.9 Å². The largest absolute Gasteiger partial charge is 0.320 e. The standard InChI is InChI=1S/C11H16N4S/c1-8-4-10(9(2)16-8)5-12-6-11-14-13-7-15(11)3/h4,7,12H,5-6H2,1-3H3. The molecule has 1 N–H and O–H groups in total. The summed E-state index contributed by atoms with van der Waals surface area (Å²) in [4.78, 5) is 2.76. The quantitative estimate of drug-likeness (QED) is 0.880. The van der Waals surface area contributed by atoms with Crippen LogP contribution >= 0.6 is 11.3 Å². The molecule has 86 valence electrons. The van der Waals surface area contributed by atoms with Crippen molar-refractivity contribution in [1.82, 2.24) is 20.1 Å². The number of aryl methyl sites for hydroxylation is 3. The fraction of sp³-hybridized carbons (Fsp3) is 0.455. The number of hydrogen-bond acceptors (Lipinski definition) is 4. The van der Waals surface area contributed by atoms with Crippen LogP contribution in [0.4, 0.5) is 0 Å². The van der Waals surface area contributed by atoms with Gasteiger partial charge in [-0.3, -0.25) is 0 Å². The molecular formula is C11H16N4S. The molecule has 0 aliphatic heterocycles. The highest BCUT2D eigenvalue weighted by atomic mass is 32.1. The molecule has 2 aromatic heterocycles. The molecule has 2 heterocycles. The molecule has 0 bridgehead atoms. The van der Waals surface area contributed by atoms with Crippen molar-refractivity contribution in [3.8, 4) is 0 Å². The molecule has 2 rings (SSSR count). The number of thiophene rings is 1. The number of hydrogen-bond donors (Lipinski definition) is 1. The lowest BCUT2D eigenvalue weighted by Crippen LogP contribution is -2.15. The van der Waals surface area contributed by atoms with Crippen LogP contribution in [-0.4, -0.2) is 14.8 Å². The Kier molecular flexibility index (Phi) is 3.36. The van der Waals surface area contributed by atoms with Gasteiger partial charge in [0.15, 0.2) is 0 Å². The Balaban J connectivity index is 1.89. The van der Waals surface area contributed by atoms with Gasteiger partial charge < -0.3 is 9.88 Å². The lowest BCUT2D eigenvalue weighted by molar-refractivity contribution is 0.637. The summed E-state index contributed by atoms with van der Waals surface area (Å²) in [6, 6.07) is 2.24. The minimum absolute atomic E-state index is 0.755. The fourth-order valence-electron chi connectivity index (χ4n) is 1.64. The van der Waals surface area contributed by atoms with Crippen molar-refractivity contribution in [2.24, 2.45) is 7.05 Å². The van der Waals surface area contributed by atoms with E-state index in [2.05, 4.69) is 35.4 Å². The van der Waals surface area contributed by atoms with Crippen LogP contribution in [0.25, 0.3) is 0 Å². The highest BCUT2D eigenvalue weighted by molar-refractivity contribution is 7.12. The van der Waals surface area contributed by atoms with Crippen LogP contribution in [0.5, 0.6) is 0 Å². The first kappa shape index (κ1) is 11.3. The number of aromatic nitrogens is 3. The summed E-state index contributed by atoms with van der Waals surface area (Å²) in [6.07, 6.45) is 1.72. The van der Waals surface area contributed by atoms with Crippen molar-refractivity contribution in [1.29, 1.82) is 0 Å². The Morgan fingerprint density at radius 1 is 1.38 bits per heavy atom. The topological polar surface area (TPSA) is 42.7 Å². The molecule has 5 heteroatoms. The van der Waals surface area contributed by atoms with E-state index in [1.54, 1.807) is 6.33 Å². The maximum absolute atomic E-state index is 4.03. The van der Waals surface area contributed by atoms with Gasteiger partial charge in [0.25, 0.3) is 0 Å². The molecule has 0 radical (unpaired) electrons. The Bertz CT molecular complexity index is 472. The summed E-state index contributed by atoms with van der Waals surface area (Å²) in [7, 11) is 1.96. The predicted octanol–water partition coefficient (Wildman–Crippen LogP) is 1.78. The summed E-state index contributed by atoms with van der Waals surface area (Å²) in [5.74, 6) is 0.963. The van der Waals surface area contributed by atoms with Gasteiger partial charge in [-0.15, -0.1) is 21.5 Å². The Morgan fingerprint density at radius 2 is 2.19 bits per heavy atom. The first-order valence-electron chi connectivity index (χ1n) is 5.26. The van der Waals surface area contributed by atoms with Gasteiger partial charge in [0, 0.05) is 23.3 Å². The molecule has 0 unspecified atom stereocenters. The van der Waals surface area contributed by atoms with E-state index < -0.39 is 0 Å². The average Bonchev–Trinajstić information content (AvgIpc) is 2.75. The Morgan fingerprint density at radius 3 is 2.75 bits per heavy atom. The van der Waals surface area contributed by atoms with E-state index in [9.17, 15) is 0 Å². The van der Waals surface area contributed by atoms with E-state index in [1.165, 1.54) is 15.3 Å². The maximum Gasteiger partial charge on any atom is 0.146 e. The summed E-state index contributed by atoms with van der Waals surface area (Å²) in [6.45, 7) is 5.95. The monoisotopic (exact) mass is 236 g/mol. The Hall–Kier alpha value is -1.20. The second-order valence-electron chi connectivity index (χ2n) is 3.90. The molecule has 0 saturated carbocycles. The van der Waals surface area contributed by atoms with E-state index >= 15 is 0 Å². The van der Waals surface area contributed by atoms with Gasteiger partial charge in [-0.25, -0.2) is 0 Å². The second kappa shape index (κ2) is 4.76. The minimum atomic E-state index is 0.755. The normalized spacial score (nSPS) is 10.9. The fourth-order valence-corrected chi connectivity index (χ4v) is 2.58. The van der Waals surface area contributed by atoms with Gasteiger partial charge in [0.2, 0.25) is 0 Å². The van der Waals surface area contributed by atoms with Crippen molar-refractivity contribution < 1.29 is 0 Å². The molecule has 0 atom stereocenters. The average molecular weight is 236 g/mol. The molecule has 16 heavy (non-hydrogen) atoms. The minimum Gasteiger partial charge on any atom is -0.320 e.